The van der Waals surface area contributed by atoms with Crippen molar-refractivity contribution in [2.24, 2.45) is 11.8 Å². The van der Waals surface area contributed by atoms with E-state index in [4.69, 9.17) is 9.47 Å². The lowest BCUT2D eigenvalue weighted by molar-refractivity contribution is -0.258. The van der Waals surface area contributed by atoms with Gasteiger partial charge >= 0.3 is 6.18 Å². The van der Waals surface area contributed by atoms with Gasteiger partial charge in [-0.1, -0.05) is 0 Å². The molecule has 3 aliphatic rings. The number of aliphatic hydroxyl groups is 1. The SMILES string of the molecule is OCC([C@@H]1CN(CC2CCCOC2)CC2(CCNCC2)O1)C(F)(F)F. The van der Waals surface area contributed by atoms with Crippen molar-refractivity contribution in [1.29, 1.82) is 0 Å². The number of hydrogen-bond acceptors (Lipinski definition) is 5. The molecule has 0 amide bonds. The van der Waals surface area contributed by atoms with Crippen LogP contribution in [0.15, 0.2) is 0 Å². The number of alkyl halides is 3. The Hall–Kier alpha value is -0.410. The maximum atomic E-state index is 13.4. The van der Waals surface area contributed by atoms with Crippen molar-refractivity contribution in [3.63, 3.8) is 0 Å². The van der Waals surface area contributed by atoms with E-state index in [1.54, 1.807) is 0 Å². The predicted molar refractivity (Wildman–Crippen MR) is 86.3 cm³/mol. The molecule has 0 aliphatic carbocycles. The Balaban J connectivity index is 1.73. The highest BCUT2D eigenvalue weighted by atomic mass is 19.4. The van der Waals surface area contributed by atoms with E-state index in [1.807, 2.05) is 0 Å². The average Bonchev–Trinajstić information content (AvgIpc) is 2.55. The van der Waals surface area contributed by atoms with Crippen molar-refractivity contribution in [3.05, 3.63) is 0 Å². The Morgan fingerprint density at radius 2 is 2.04 bits per heavy atom. The van der Waals surface area contributed by atoms with Crippen LogP contribution >= 0.6 is 0 Å². The molecule has 8 heteroatoms. The summed E-state index contributed by atoms with van der Waals surface area (Å²) in [5, 5.41) is 12.6. The molecule has 3 aliphatic heterocycles. The monoisotopic (exact) mass is 366 g/mol. The summed E-state index contributed by atoms with van der Waals surface area (Å²) in [5.74, 6) is -1.46. The van der Waals surface area contributed by atoms with Crippen molar-refractivity contribution in [1.82, 2.24) is 10.2 Å². The minimum Gasteiger partial charge on any atom is -0.396 e. The van der Waals surface area contributed by atoms with E-state index < -0.39 is 30.4 Å². The summed E-state index contributed by atoms with van der Waals surface area (Å²) in [6.45, 7) is 3.66. The third-order valence-corrected chi connectivity index (χ3v) is 5.70. The number of morpholine rings is 1. The molecule has 2 N–H and O–H groups in total. The maximum Gasteiger partial charge on any atom is 0.396 e. The van der Waals surface area contributed by atoms with Gasteiger partial charge in [-0.05, 0) is 44.7 Å². The zero-order valence-corrected chi connectivity index (χ0v) is 14.6. The molecule has 0 bridgehead atoms. The number of rotatable bonds is 4. The second-order valence-corrected chi connectivity index (χ2v) is 7.70. The van der Waals surface area contributed by atoms with E-state index >= 15 is 0 Å². The lowest BCUT2D eigenvalue weighted by atomic mass is 9.87. The summed E-state index contributed by atoms with van der Waals surface area (Å²) in [4.78, 5) is 2.12. The van der Waals surface area contributed by atoms with Gasteiger partial charge in [0.05, 0.1) is 24.9 Å². The molecule has 0 aromatic carbocycles. The fourth-order valence-corrected chi connectivity index (χ4v) is 4.38. The number of piperidine rings is 1. The Bertz CT molecular complexity index is 424. The Morgan fingerprint density at radius 1 is 1.28 bits per heavy atom. The largest absolute Gasteiger partial charge is 0.396 e. The van der Waals surface area contributed by atoms with Crippen molar-refractivity contribution in [2.45, 2.75) is 43.6 Å². The standard InChI is InChI=1S/C17H29F3N2O3/c18-17(19,20)14(10-23)15-9-22(8-13-2-1-7-24-11-13)12-16(25-15)3-5-21-6-4-16/h13-15,21,23H,1-12H2/t13?,14?,15-/m0/s1. The van der Waals surface area contributed by atoms with Gasteiger partial charge in [-0.3, -0.25) is 4.90 Å². The zero-order chi connectivity index (χ0) is 17.9. The van der Waals surface area contributed by atoms with Crippen LogP contribution in [0.4, 0.5) is 13.2 Å². The lowest BCUT2D eigenvalue weighted by Gasteiger charge is -2.50. The highest BCUT2D eigenvalue weighted by Gasteiger charge is 2.51. The molecule has 5 nitrogen and oxygen atoms in total. The number of hydrogen-bond donors (Lipinski definition) is 2. The highest BCUT2D eigenvalue weighted by Crippen LogP contribution is 2.38. The smallest absolute Gasteiger partial charge is 0.396 e. The van der Waals surface area contributed by atoms with Crippen LogP contribution in [0.2, 0.25) is 0 Å². The first-order valence-corrected chi connectivity index (χ1v) is 9.28. The molecule has 3 rings (SSSR count). The van der Waals surface area contributed by atoms with Crippen LogP contribution < -0.4 is 5.32 Å². The predicted octanol–water partition coefficient (Wildman–Crippen LogP) is 1.41. The molecule has 3 atom stereocenters. The average molecular weight is 366 g/mol. The van der Waals surface area contributed by atoms with E-state index in [1.165, 1.54) is 0 Å². The first kappa shape index (κ1) is 19.4. The van der Waals surface area contributed by atoms with E-state index in [2.05, 4.69) is 10.2 Å². The van der Waals surface area contributed by atoms with Gasteiger partial charge in [0.15, 0.2) is 0 Å². The topological polar surface area (TPSA) is 54.0 Å². The molecule has 146 valence electrons. The summed E-state index contributed by atoms with van der Waals surface area (Å²) in [6, 6.07) is 0. The summed E-state index contributed by atoms with van der Waals surface area (Å²) in [5.41, 5.74) is -0.539. The Kier molecular flexibility index (Phi) is 6.26. The van der Waals surface area contributed by atoms with Gasteiger partial charge in [0.25, 0.3) is 0 Å². The van der Waals surface area contributed by atoms with E-state index in [9.17, 15) is 18.3 Å². The summed E-state index contributed by atoms with van der Waals surface area (Å²) >= 11 is 0. The molecule has 0 saturated carbocycles. The molecule has 0 aromatic rings. The zero-order valence-electron chi connectivity index (χ0n) is 14.6. The second-order valence-electron chi connectivity index (χ2n) is 7.70. The van der Waals surface area contributed by atoms with Crippen LogP contribution in [-0.4, -0.2) is 80.4 Å². The molecule has 0 radical (unpaired) electrons. The Morgan fingerprint density at radius 3 is 2.64 bits per heavy atom. The van der Waals surface area contributed by atoms with Gasteiger partial charge in [0, 0.05) is 26.2 Å². The van der Waals surface area contributed by atoms with Crippen LogP contribution in [0.3, 0.4) is 0 Å². The summed E-state index contributed by atoms with van der Waals surface area (Å²) in [6.07, 6.45) is -1.99. The fraction of sp³-hybridized carbons (Fsp3) is 1.00. The quantitative estimate of drug-likeness (QED) is 0.788. The van der Waals surface area contributed by atoms with Crippen molar-refractivity contribution >= 4 is 0 Å². The van der Waals surface area contributed by atoms with Crippen LogP contribution in [0.1, 0.15) is 25.7 Å². The number of halogens is 3. The fourth-order valence-electron chi connectivity index (χ4n) is 4.38. The van der Waals surface area contributed by atoms with Gasteiger partial charge < -0.3 is 19.9 Å². The number of nitrogens with one attached hydrogen (secondary N) is 1. The maximum absolute atomic E-state index is 13.4. The number of ether oxygens (including phenoxy) is 2. The first-order chi connectivity index (χ1) is 11.9. The van der Waals surface area contributed by atoms with Gasteiger partial charge in [-0.15, -0.1) is 0 Å². The van der Waals surface area contributed by atoms with Gasteiger partial charge in [-0.25, -0.2) is 0 Å². The van der Waals surface area contributed by atoms with Crippen molar-refractivity contribution < 1.29 is 27.8 Å². The minimum atomic E-state index is -4.45. The first-order valence-electron chi connectivity index (χ1n) is 9.28. The van der Waals surface area contributed by atoms with Gasteiger partial charge in [0.1, 0.15) is 5.92 Å². The number of aliphatic hydroxyl groups excluding tert-OH is 1. The van der Waals surface area contributed by atoms with E-state index in [0.717, 1.165) is 39.1 Å². The third kappa shape index (κ3) is 4.86. The van der Waals surface area contributed by atoms with E-state index in [-0.39, 0.29) is 6.54 Å². The number of nitrogens with zero attached hydrogens (tertiary/aromatic N) is 1. The molecule has 3 heterocycles. The van der Waals surface area contributed by atoms with Crippen LogP contribution in [-0.2, 0) is 9.47 Å². The third-order valence-electron chi connectivity index (χ3n) is 5.70. The molecule has 3 fully saturated rings. The Labute approximate surface area is 146 Å². The minimum absolute atomic E-state index is 0.219. The van der Waals surface area contributed by atoms with Gasteiger partial charge in [-0.2, -0.15) is 13.2 Å². The highest BCUT2D eigenvalue weighted by molar-refractivity contribution is 4.97. The molecule has 25 heavy (non-hydrogen) atoms. The molecule has 2 unspecified atom stereocenters. The van der Waals surface area contributed by atoms with Gasteiger partial charge in [0.2, 0.25) is 0 Å². The molecule has 1 spiro atoms. The molecular formula is C17H29F3N2O3. The second kappa shape index (κ2) is 8.08. The lowest BCUT2D eigenvalue weighted by Crippen LogP contribution is -2.62. The molecule has 0 aromatic heterocycles. The van der Waals surface area contributed by atoms with E-state index in [0.29, 0.717) is 31.9 Å². The van der Waals surface area contributed by atoms with Crippen LogP contribution in [0.5, 0.6) is 0 Å². The summed E-state index contributed by atoms with van der Waals surface area (Å²) in [7, 11) is 0. The van der Waals surface area contributed by atoms with Crippen molar-refractivity contribution in [2.75, 3.05) is 52.5 Å². The molecular weight excluding hydrogens is 337 g/mol. The van der Waals surface area contributed by atoms with Crippen LogP contribution in [0, 0.1) is 11.8 Å². The van der Waals surface area contributed by atoms with Crippen molar-refractivity contribution in [3.8, 4) is 0 Å². The van der Waals surface area contributed by atoms with Crippen LogP contribution in [0.25, 0.3) is 0 Å². The summed E-state index contributed by atoms with van der Waals surface area (Å²) < 4.78 is 51.6. The normalized spacial score (nSPS) is 32.6. The molecule has 3 saturated heterocycles.